The molecule has 3 saturated heterocycles. The van der Waals surface area contributed by atoms with Gasteiger partial charge in [-0.15, -0.1) is 0 Å². The van der Waals surface area contributed by atoms with Crippen molar-refractivity contribution in [1.82, 2.24) is 35.0 Å². The van der Waals surface area contributed by atoms with Gasteiger partial charge in [0.1, 0.15) is 29.3 Å². The van der Waals surface area contributed by atoms with Crippen LogP contribution in [0.15, 0.2) is 72.9 Å². The molecule has 6 heterocycles. The SMILES string of the molecule is N=C(CCN1CCN(c2cccc(-c3cnc(/C=C\C(=N)N4CCC[C@@H]4c4cccc(F)c4)[nH]3)n2)C1)c1ccc2c(c1)C(=O)N(C1CCC(=O)NC1=O)C2=O. The molecule has 3 fully saturated rings. The van der Waals surface area contributed by atoms with Crippen molar-refractivity contribution in [2.45, 2.75) is 44.2 Å². The zero-order valence-electron chi connectivity index (χ0n) is 29.9. The quantitative estimate of drug-likeness (QED) is 0.104. The molecule has 4 N–H and O–H groups in total. The van der Waals surface area contributed by atoms with Gasteiger partial charge in [-0.2, -0.15) is 0 Å². The number of amidine groups is 1. The highest BCUT2D eigenvalue weighted by Crippen LogP contribution is 2.33. The molecule has 2 aromatic carbocycles. The number of likely N-dealkylation sites (tertiary alicyclic amines) is 1. The Kier molecular flexibility index (Phi) is 9.61. The summed E-state index contributed by atoms with van der Waals surface area (Å²) < 4.78 is 13.9. The van der Waals surface area contributed by atoms with Crippen LogP contribution < -0.4 is 10.2 Å². The Morgan fingerprint density at radius 2 is 1.76 bits per heavy atom. The number of benzene rings is 2. The van der Waals surface area contributed by atoms with E-state index in [1.54, 1.807) is 42.6 Å². The minimum Gasteiger partial charge on any atom is -0.350 e. The number of hydrogen-bond donors (Lipinski definition) is 4. The van der Waals surface area contributed by atoms with Crippen molar-refractivity contribution in [3.8, 4) is 11.4 Å². The number of rotatable bonds is 10. The van der Waals surface area contributed by atoms with Gasteiger partial charge in [0.05, 0.1) is 41.4 Å². The number of imidazole rings is 1. The van der Waals surface area contributed by atoms with Crippen LogP contribution in [0.3, 0.4) is 0 Å². The number of amides is 4. The van der Waals surface area contributed by atoms with Crippen molar-refractivity contribution < 1.29 is 23.6 Å². The van der Waals surface area contributed by atoms with Crippen LogP contribution in [0.1, 0.15) is 75.8 Å². The van der Waals surface area contributed by atoms with Gasteiger partial charge in [-0.05, 0) is 78.9 Å². The lowest BCUT2D eigenvalue weighted by molar-refractivity contribution is -0.136. The first-order chi connectivity index (χ1) is 26.6. The lowest BCUT2D eigenvalue weighted by atomic mass is 10.0. The molecule has 4 aliphatic rings. The van der Waals surface area contributed by atoms with Gasteiger partial charge in [-0.1, -0.05) is 24.3 Å². The fourth-order valence-electron chi connectivity index (χ4n) is 7.76. The number of nitrogens with one attached hydrogen (secondary N) is 4. The van der Waals surface area contributed by atoms with Crippen molar-refractivity contribution in [2.24, 2.45) is 0 Å². The smallest absolute Gasteiger partial charge is 0.262 e. The molecular weight excluding hydrogens is 704 g/mol. The van der Waals surface area contributed by atoms with Crippen LogP contribution >= 0.6 is 0 Å². The second kappa shape index (κ2) is 14.8. The topological polar surface area (TPSA) is 183 Å². The van der Waals surface area contributed by atoms with Crippen LogP contribution in [0.5, 0.6) is 0 Å². The van der Waals surface area contributed by atoms with Gasteiger partial charge in [0.2, 0.25) is 11.8 Å². The minimum atomic E-state index is -1.04. The van der Waals surface area contributed by atoms with E-state index in [0.29, 0.717) is 42.6 Å². The zero-order valence-corrected chi connectivity index (χ0v) is 29.9. The Balaban J connectivity index is 0.854. The summed E-state index contributed by atoms with van der Waals surface area (Å²) in [6.07, 6.45) is 7.55. The van der Waals surface area contributed by atoms with Crippen LogP contribution in [0.4, 0.5) is 10.2 Å². The number of halogens is 1. The molecule has 1 unspecified atom stereocenters. The molecule has 0 radical (unpaired) electrons. The number of carbonyl (C=O) groups excluding carboxylic acids is 4. The first-order valence-electron chi connectivity index (χ1n) is 18.3. The van der Waals surface area contributed by atoms with Gasteiger partial charge in [-0.25, -0.2) is 14.4 Å². The summed E-state index contributed by atoms with van der Waals surface area (Å²) in [7, 11) is 0. The summed E-state index contributed by atoms with van der Waals surface area (Å²) in [5.41, 5.74) is 3.55. The van der Waals surface area contributed by atoms with E-state index >= 15 is 0 Å². The predicted octanol–water partition coefficient (Wildman–Crippen LogP) is 4.38. The minimum absolute atomic E-state index is 0.0352. The van der Waals surface area contributed by atoms with Gasteiger partial charge in [0.25, 0.3) is 11.8 Å². The molecule has 4 amide bonds. The molecule has 0 spiro atoms. The van der Waals surface area contributed by atoms with E-state index < -0.39 is 29.7 Å². The van der Waals surface area contributed by atoms with E-state index in [2.05, 4.69) is 25.1 Å². The van der Waals surface area contributed by atoms with E-state index in [9.17, 15) is 23.6 Å². The monoisotopic (exact) mass is 742 g/mol. The highest BCUT2D eigenvalue weighted by Gasteiger charge is 2.44. The average molecular weight is 743 g/mol. The van der Waals surface area contributed by atoms with E-state index in [0.717, 1.165) is 60.1 Å². The fourth-order valence-corrected chi connectivity index (χ4v) is 7.76. The molecular formula is C40H39FN10O4. The number of imide groups is 2. The number of pyridine rings is 1. The van der Waals surface area contributed by atoms with Gasteiger partial charge in [-0.3, -0.25) is 39.7 Å². The zero-order chi connectivity index (χ0) is 38.2. The molecule has 0 bridgehead atoms. The van der Waals surface area contributed by atoms with E-state index in [1.807, 2.05) is 29.2 Å². The fraction of sp³-hybridized carbons (Fsp3) is 0.300. The average Bonchev–Trinajstić information content (AvgIpc) is 4.01. The Morgan fingerprint density at radius 1 is 0.927 bits per heavy atom. The second-order valence-electron chi connectivity index (χ2n) is 14.1. The lowest BCUT2D eigenvalue weighted by Crippen LogP contribution is -2.54. The molecule has 15 heteroatoms. The summed E-state index contributed by atoms with van der Waals surface area (Å²) in [6, 6.07) is 16.1. The molecule has 14 nitrogen and oxygen atoms in total. The summed E-state index contributed by atoms with van der Waals surface area (Å²) >= 11 is 0. The molecule has 2 atom stereocenters. The molecule has 55 heavy (non-hydrogen) atoms. The molecule has 2 aromatic heterocycles. The van der Waals surface area contributed by atoms with Gasteiger partial charge >= 0.3 is 0 Å². The Bertz CT molecular complexity index is 2270. The van der Waals surface area contributed by atoms with E-state index in [1.165, 1.54) is 12.1 Å². The van der Waals surface area contributed by atoms with E-state index in [-0.39, 0.29) is 35.8 Å². The third kappa shape index (κ3) is 7.17. The molecule has 0 saturated carbocycles. The largest absolute Gasteiger partial charge is 0.350 e. The number of nitrogens with zero attached hydrogens (tertiary/aromatic N) is 6. The van der Waals surface area contributed by atoms with E-state index in [4.69, 9.17) is 15.8 Å². The van der Waals surface area contributed by atoms with Gasteiger partial charge in [0, 0.05) is 44.7 Å². The van der Waals surface area contributed by atoms with Crippen molar-refractivity contribution in [3.05, 3.63) is 107 Å². The summed E-state index contributed by atoms with van der Waals surface area (Å²) in [5.74, 6) is -0.777. The van der Waals surface area contributed by atoms with Crippen LogP contribution in [0, 0.1) is 16.6 Å². The van der Waals surface area contributed by atoms with Crippen molar-refractivity contribution in [1.29, 1.82) is 10.8 Å². The summed E-state index contributed by atoms with van der Waals surface area (Å²) in [4.78, 5) is 70.3. The molecule has 4 aromatic rings. The highest BCUT2D eigenvalue weighted by molar-refractivity contribution is 6.24. The lowest BCUT2D eigenvalue weighted by Gasteiger charge is -2.27. The molecule has 8 rings (SSSR count). The number of aromatic nitrogens is 3. The number of H-pyrrole nitrogens is 1. The first-order valence-corrected chi connectivity index (χ1v) is 18.3. The Hall–Kier alpha value is -6.35. The third-order valence-corrected chi connectivity index (χ3v) is 10.6. The number of aromatic amines is 1. The first kappa shape index (κ1) is 35.7. The molecule has 280 valence electrons. The Labute approximate surface area is 316 Å². The third-order valence-electron chi connectivity index (χ3n) is 10.6. The maximum Gasteiger partial charge on any atom is 0.262 e. The van der Waals surface area contributed by atoms with Crippen LogP contribution in [0.2, 0.25) is 0 Å². The summed E-state index contributed by atoms with van der Waals surface area (Å²) in [6.45, 7) is 3.48. The number of fused-ring (bicyclic) bond motifs is 1. The Morgan fingerprint density at radius 3 is 2.60 bits per heavy atom. The summed E-state index contributed by atoms with van der Waals surface area (Å²) in [5, 5.41) is 19.6. The van der Waals surface area contributed by atoms with Crippen LogP contribution in [-0.4, -0.2) is 104 Å². The normalized spacial score (nSPS) is 20.2. The maximum atomic E-state index is 13.9. The van der Waals surface area contributed by atoms with Gasteiger partial charge < -0.3 is 20.2 Å². The maximum absolute atomic E-state index is 13.9. The standard InChI is InChI=1S/C40H39FN10O4/c41-26-5-1-4-25(20-26)32-7-3-16-50(32)34(43)12-13-35-44-22-31(45-35)30-6-2-8-36(46-30)49-19-18-48(23-49)17-15-29(42)24-9-10-27-28(21-24)40(55)51(39(27)54)33-11-14-37(52)47-38(33)53/h1-2,4-6,8-10,12-13,20-22,32-33,42-43H,3,7,11,14-19,23H2,(H,44,45)(H,47,52,53)/b13-12-,42-29?,43-34?/t32-,33?/m1/s1. The number of anilines is 1. The van der Waals surface area contributed by atoms with Crippen molar-refractivity contribution in [3.63, 3.8) is 0 Å². The van der Waals surface area contributed by atoms with Crippen LogP contribution in [0.25, 0.3) is 17.5 Å². The number of carbonyl (C=O) groups is 4. The molecule has 4 aliphatic heterocycles. The second-order valence-corrected chi connectivity index (χ2v) is 14.1. The van der Waals surface area contributed by atoms with Crippen LogP contribution in [-0.2, 0) is 9.59 Å². The molecule has 0 aliphatic carbocycles. The number of hydrogen-bond acceptors (Lipinski definition) is 10. The number of piperidine rings is 1. The van der Waals surface area contributed by atoms with Gasteiger partial charge in [0.15, 0.2) is 0 Å². The van der Waals surface area contributed by atoms with Crippen molar-refractivity contribution >= 4 is 47.1 Å². The van der Waals surface area contributed by atoms with Crippen molar-refractivity contribution in [2.75, 3.05) is 37.7 Å². The highest BCUT2D eigenvalue weighted by atomic mass is 19.1. The predicted molar refractivity (Wildman–Crippen MR) is 202 cm³/mol.